The highest BCUT2D eigenvalue weighted by Crippen LogP contribution is 2.32. The first kappa shape index (κ1) is 22.4. The van der Waals surface area contributed by atoms with Gasteiger partial charge in [-0.15, -0.1) is 0 Å². The first-order chi connectivity index (χ1) is 14.7. The molecule has 0 saturated carbocycles. The van der Waals surface area contributed by atoms with Crippen molar-refractivity contribution >= 4 is 28.1 Å². The SMILES string of the molecule is CC(CO)N=C(N)c1c(Nc2ccc(Oc3ccc(C(F)(F)F)cc3)cc2)s[nH]c1=O. The number of aromatic nitrogens is 1. The molecule has 0 aliphatic carbocycles. The number of nitrogens with zero attached hydrogens (tertiary/aromatic N) is 1. The van der Waals surface area contributed by atoms with Gasteiger partial charge >= 0.3 is 6.18 Å². The second-order valence-electron chi connectivity index (χ2n) is 6.56. The van der Waals surface area contributed by atoms with Crippen molar-refractivity contribution in [2.45, 2.75) is 19.1 Å². The monoisotopic (exact) mass is 452 g/mol. The molecule has 11 heteroatoms. The van der Waals surface area contributed by atoms with Crippen LogP contribution in [0.15, 0.2) is 58.3 Å². The van der Waals surface area contributed by atoms with Gasteiger partial charge in [0.05, 0.1) is 18.2 Å². The third-order valence-corrected chi connectivity index (χ3v) is 4.91. The summed E-state index contributed by atoms with van der Waals surface area (Å²) < 4.78 is 46.1. The maximum Gasteiger partial charge on any atom is 0.416 e. The third-order valence-electron chi connectivity index (χ3n) is 4.11. The number of aromatic amines is 1. The Hall–Kier alpha value is -3.31. The maximum atomic E-state index is 12.6. The van der Waals surface area contributed by atoms with Crippen molar-refractivity contribution in [2.24, 2.45) is 10.7 Å². The minimum absolute atomic E-state index is 0.00815. The van der Waals surface area contributed by atoms with Gasteiger partial charge in [0, 0.05) is 5.69 Å². The van der Waals surface area contributed by atoms with Crippen LogP contribution in [0, 0.1) is 0 Å². The van der Waals surface area contributed by atoms with E-state index in [1.807, 2.05) is 0 Å². The second kappa shape index (κ2) is 9.23. The number of nitrogens with one attached hydrogen (secondary N) is 2. The number of rotatable bonds is 7. The van der Waals surface area contributed by atoms with Crippen molar-refractivity contribution in [2.75, 3.05) is 11.9 Å². The lowest BCUT2D eigenvalue weighted by Crippen LogP contribution is -2.24. The number of halogens is 3. The van der Waals surface area contributed by atoms with E-state index in [1.165, 1.54) is 12.1 Å². The number of nitrogens with two attached hydrogens (primary N) is 1. The highest BCUT2D eigenvalue weighted by Gasteiger charge is 2.30. The molecule has 0 aliphatic rings. The standard InChI is InChI=1S/C20H19F3N4O3S/c1-11(10-28)25-17(24)16-18(29)27-31-19(16)26-13-4-8-15(9-5-13)30-14-6-2-12(3-7-14)20(21,22)23/h2-9,11,26,28H,10H2,1H3,(H2,24,25)(H,27,29). The van der Waals surface area contributed by atoms with Crippen molar-refractivity contribution in [3.05, 3.63) is 70.0 Å². The van der Waals surface area contributed by atoms with Crippen LogP contribution in [0.4, 0.5) is 23.9 Å². The molecule has 1 heterocycles. The average Bonchev–Trinajstić information content (AvgIpc) is 3.09. The molecule has 1 unspecified atom stereocenters. The molecule has 5 N–H and O–H groups in total. The average molecular weight is 452 g/mol. The summed E-state index contributed by atoms with van der Waals surface area (Å²) in [5.41, 5.74) is 5.56. The fraction of sp³-hybridized carbons (Fsp3) is 0.200. The molecule has 0 bridgehead atoms. The first-order valence-corrected chi connectivity index (χ1v) is 9.87. The van der Waals surface area contributed by atoms with Crippen LogP contribution in [0.3, 0.4) is 0 Å². The van der Waals surface area contributed by atoms with Crippen LogP contribution in [0.2, 0.25) is 0 Å². The van der Waals surface area contributed by atoms with E-state index in [4.69, 9.17) is 15.6 Å². The minimum atomic E-state index is -4.40. The van der Waals surface area contributed by atoms with Gasteiger partial charge in [-0.05, 0) is 67.0 Å². The zero-order valence-electron chi connectivity index (χ0n) is 16.2. The fourth-order valence-corrected chi connectivity index (χ4v) is 3.32. The number of amidine groups is 1. The summed E-state index contributed by atoms with van der Waals surface area (Å²) in [5.74, 6) is 0.696. The molecule has 0 saturated heterocycles. The number of aliphatic imine (C=N–C) groups is 1. The number of anilines is 2. The normalized spacial score (nSPS) is 13.1. The van der Waals surface area contributed by atoms with Gasteiger partial charge in [-0.2, -0.15) is 13.2 Å². The minimum Gasteiger partial charge on any atom is -0.457 e. The van der Waals surface area contributed by atoms with Gasteiger partial charge < -0.3 is 20.9 Å². The molecule has 7 nitrogen and oxygen atoms in total. The topological polar surface area (TPSA) is 113 Å². The van der Waals surface area contributed by atoms with Crippen LogP contribution >= 0.6 is 11.5 Å². The number of hydrogen-bond donors (Lipinski definition) is 4. The van der Waals surface area contributed by atoms with Gasteiger partial charge in [0.25, 0.3) is 5.56 Å². The summed E-state index contributed by atoms with van der Waals surface area (Å²) in [4.78, 5) is 16.2. The molecule has 0 amide bonds. The molecule has 164 valence electrons. The number of ether oxygens (including phenoxy) is 1. The van der Waals surface area contributed by atoms with Gasteiger partial charge in [-0.3, -0.25) is 14.2 Å². The molecule has 3 aromatic rings. The lowest BCUT2D eigenvalue weighted by Gasteiger charge is -2.10. The smallest absolute Gasteiger partial charge is 0.416 e. The Labute approximate surface area is 179 Å². The van der Waals surface area contributed by atoms with Crippen molar-refractivity contribution in [1.82, 2.24) is 4.37 Å². The van der Waals surface area contributed by atoms with Crippen molar-refractivity contribution in [3.8, 4) is 11.5 Å². The van der Waals surface area contributed by atoms with Crippen LogP contribution in [0.25, 0.3) is 0 Å². The molecule has 1 aromatic heterocycles. The van der Waals surface area contributed by atoms with Crippen LogP contribution in [0.1, 0.15) is 18.1 Å². The Bertz CT molecular complexity index is 1110. The summed E-state index contributed by atoms with van der Waals surface area (Å²) in [5, 5.41) is 12.6. The van der Waals surface area contributed by atoms with E-state index in [1.54, 1.807) is 31.2 Å². The quantitative estimate of drug-likeness (QED) is 0.319. The van der Waals surface area contributed by atoms with E-state index in [0.29, 0.717) is 16.4 Å². The van der Waals surface area contributed by atoms with Crippen LogP contribution in [-0.2, 0) is 6.18 Å². The van der Waals surface area contributed by atoms with Crippen molar-refractivity contribution < 1.29 is 23.0 Å². The molecule has 0 fully saturated rings. The molecule has 31 heavy (non-hydrogen) atoms. The van der Waals surface area contributed by atoms with E-state index in [0.717, 1.165) is 23.7 Å². The summed E-state index contributed by atoms with van der Waals surface area (Å²) in [6, 6.07) is 10.5. The van der Waals surface area contributed by atoms with Gasteiger partial charge in [-0.1, -0.05) is 0 Å². The Balaban J connectivity index is 1.72. The van der Waals surface area contributed by atoms with E-state index in [9.17, 15) is 18.0 Å². The lowest BCUT2D eigenvalue weighted by molar-refractivity contribution is -0.137. The molecule has 1 atom stereocenters. The zero-order chi connectivity index (χ0) is 22.6. The summed E-state index contributed by atoms with van der Waals surface area (Å²) in [7, 11) is 0. The predicted octanol–water partition coefficient (Wildman–Crippen LogP) is 4.08. The van der Waals surface area contributed by atoms with E-state index in [-0.39, 0.29) is 23.8 Å². The van der Waals surface area contributed by atoms with Crippen LogP contribution in [0.5, 0.6) is 11.5 Å². The van der Waals surface area contributed by atoms with Crippen LogP contribution in [-0.4, -0.2) is 28.0 Å². The molecule has 0 radical (unpaired) electrons. The Morgan fingerprint density at radius 1 is 1.19 bits per heavy atom. The molecular formula is C20H19F3N4O3S. The number of hydrogen-bond acceptors (Lipinski definition) is 6. The highest BCUT2D eigenvalue weighted by atomic mass is 32.1. The highest BCUT2D eigenvalue weighted by molar-refractivity contribution is 7.10. The summed E-state index contributed by atoms with van der Waals surface area (Å²) in [6.07, 6.45) is -4.40. The number of aliphatic hydroxyl groups excluding tert-OH is 1. The van der Waals surface area contributed by atoms with Crippen molar-refractivity contribution in [3.63, 3.8) is 0 Å². The van der Waals surface area contributed by atoms with Gasteiger partial charge in [0.2, 0.25) is 0 Å². The Morgan fingerprint density at radius 3 is 2.32 bits per heavy atom. The molecule has 0 spiro atoms. The largest absolute Gasteiger partial charge is 0.457 e. The first-order valence-electron chi connectivity index (χ1n) is 9.05. The molecular weight excluding hydrogens is 433 g/mol. The fourth-order valence-electron chi connectivity index (χ4n) is 2.55. The number of benzene rings is 2. The lowest BCUT2D eigenvalue weighted by atomic mass is 10.2. The Kier molecular flexibility index (Phi) is 6.66. The van der Waals surface area contributed by atoms with Crippen molar-refractivity contribution in [1.29, 1.82) is 0 Å². The summed E-state index contributed by atoms with van der Waals surface area (Å²) in [6.45, 7) is 1.46. The van der Waals surface area contributed by atoms with Gasteiger partial charge in [0.15, 0.2) is 0 Å². The maximum absolute atomic E-state index is 12.6. The van der Waals surface area contributed by atoms with E-state index in [2.05, 4.69) is 14.7 Å². The van der Waals surface area contributed by atoms with E-state index >= 15 is 0 Å². The number of alkyl halides is 3. The van der Waals surface area contributed by atoms with Gasteiger partial charge in [-0.25, -0.2) is 0 Å². The Morgan fingerprint density at radius 2 is 1.77 bits per heavy atom. The third kappa shape index (κ3) is 5.64. The van der Waals surface area contributed by atoms with E-state index < -0.39 is 23.3 Å². The van der Waals surface area contributed by atoms with Gasteiger partial charge in [0.1, 0.15) is 27.9 Å². The predicted molar refractivity (Wildman–Crippen MR) is 113 cm³/mol. The zero-order valence-corrected chi connectivity index (χ0v) is 17.1. The molecule has 0 aliphatic heterocycles. The summed E-state index contributed by atoms with van der Waals surface area (Å²) >= 11 is 1.05. The number of aliphatic hydroxyl groups is 1. The molecule has 3 rings (SSSR count). The van der Waals surface area contributed by atoms with Crippen LogP contribution < -0.4 is 21.3 Å². The molecule has 2 aromatic carbocycles. The number of H-pyrrole nitrogens is 1. The second-order valence-corrected chi connectivity index (χ2v) is 7.37.